The number of rotatable bonds is 3. The third-order valence-corrected chi connectivity index (χ3v) is 2.96. The number of carbonyl (C=O) groups excluding carboxylic acids is 1. The lowest BCUT2D eigenvalue weighted by molar-refractivity contribution is -0.138. The first-order valence-corrected chi connectivity index (χ1v) is 6.10. The van der Waals surface area contributed by atoms with E-state index in [0.29, 0.717) is 12.2 Å². The third kappa shape index (κ3) is 2.45. The zero-order valence-corrected chi connectivity index (χ0v) is 10.6. The maximum absolute atomic E-state index is 12.0. The second-order valence-electron chi connectivity index (χ2n) is 4.15. The van der Waals surface area contributed by atoms with Gasteiger partial charge in [-0.25, -0.2) is 4.79 Å². The number of ether oxygens (including phenoxy) is 1. The van der Waals surface area contributed by atoms with Crippen molar-refractivity contribution in [2.45, 2.75) is 19.8 Å². The number of hydrogen-bond acceptors (Lipinski definition) is 3. The number of benzene rings is 1. The first-order chi connectivity index (χ1) is 8.74. The molecule has 1 aromatic carbocycles. The van der Waals surface area contributed by atoms with Crippen molar-refractivity contribution < 1.29 is 9.53 Å². The highest BCUT2D eigenvalue weighted by Gasteiger charge is 2.26. The molecule has 0 radical (unpaired) electrons. The quantitative estimate of drug-likeness (QED) is 0.829. The Labute approximate surface area is 107 Å². The Morgan fingerprint density at radius 2 is 2.06 bits per heavy atom. The maximum Gasteiger partial charge on any atom is 0.336 e. The van der Waals surface area contributed by atoms with Crippen molar-refractivity contribution in [1.82, 2.24) is 5.32 Å². The molecular formula is C15H17NO2. The van der Waals surface area contributed by atoms with Gasteiger partial charge in [0.05, 0.1) is 12.2 Å². The molecule has 3 heteroatoms. The predicted molar refractivity (Wildman–Crippen MR) is 70.8 cm³/mol. The molecule has 0 saturated carbocycles. The predicted octanol–water partition coefficient (Wildman–Crippen LogP) is 2.72. The lowest BCUT2D eigenvalue weighted by Crippen LogP contribution is -2.23. The van der Waals surface area contributed by atoms with Crippen LogP contribution in [0.3, 0.4) is 0 Å². The standard InChI is InChI=1S/C15H17NO2/c1-3-18-15(17)14-11(2)16-10-9-13(14)12-7-5-4-6-8-12/h4-10,13,16H,3H2,1-2H3. The van der Waals surface area contributed by atoms with Crippen LogP contribution in [0.1, 0.15) is 25.3 Å². The van der Waals surface area contributed by atoms with E-state index in [1.165, 1.54) is 0 Å². The van der Waals surface area contributed by atoms with Crippen molar-refractivity contribution in [3.8, 4) is 0 Å². The Hall–Kier alpha value is -2.03. The second-order valence-corrected chi connectivity index (χ2v) is 4.15. The summed E-state index contributed by atoms with van der Waals surface area (Å²) in [5.41, 5.74) is 2.63. The van der Waals surface area contributed by atoms with Crippen molar-refractivity contribution in [2.24, 2.45) is 0 Å². The van der Waals surface area contributed by atoms with E-state index in [1.807, 2.05) is 56.5 Å². The zero-order valence-electron chi connectivity index (χ0n) is 10.6. The van der Waals surface area contributed by atoms with Crippen LogP contribution >= 0.6 is 0 Å². The molecule has 94 valence electrons. The molecule has 0 amide bonds. The summed E-state index contributed by atoms with van der Waals surface area (Å²) in [6, 6.07) is 9.96. The largest absolute Gasteiger partial charge is 0.463 e. The van der Waals surface area contributed by atoms with Gasteiger partial charge >= 0.3 is 5.97 Å². The fourth-order valence-electron chi connectivity index (χ4n) is 2.10. The van der Waals surface area contributed by atoms with Gasteiger partial charge in [0, 0.05) is 11.6 Å². The Kier molecular flexibility index (Phi) is 3.82. The Morgan fingerprint density at radius 1 is 1.33 bits per heavy atom. The van der Waals surface area contributed by atoms with Crippen molar-refractivity contribution in [3.05, 3.63) is 59.4 Å². The summed E-state index contributed by atoms with van der Waals surface area (Å²) in [6.07, 6.45) is 3.85. The minimum atomic E-state index is -0.249. The summed E-state index contributed by atoms with van der Waals surface area (Å²) in [5, 5.41) is 3.07. The number of nitrogens with one attached hydrogen (secondary N) is 1. The van der Waals surface area contributed by atoms with E-state index >= 15 is 0 Å². The molecule has 1 aliphatic rings. The highest BCUT2D eigenvalue weighted by molar-refractivity contribution is 5.92. The summed E-state index contributed by atoms with van der Waals surface area (Å²) in [7, 11) is 0. The van der Waals surface area contributed by atoms with Gasteiger partial charge in [-0.3, -0.25) is 0 Å². The molecule has 1 N–H and O–H groups in total. The summed E-state index contributed by atoms with van der Waals surface area (Å²) in [5.74, 6) is -0.285. The van der Waals surface area contributed by atoms with Crippen LogP contribution in [0.2, 0.25) is 0 Å². The SMILES string of the molecule is CCOC(=O)C1=C(C)NC=CC1c1ccccc1. The fraction of sp³-hybridized carbons (Fsp3) is 0.267. The number of dihydropyridines is 1. The molecule has 1 heterocycles. The van der Waals surface area contributed by atoms with E-state index in [-0.39, 0.29) is 11.9 Å². The normalized spacial score (nSPS) is 18.4. The van der Waals surface area contributed by atoms with Gasteiger partial charge in [0.25, 0.3) is 0 Å². The molecule has 0 aromatic heterocycles. The lowest BCUT2D eigenvalue weighted by atomic mass is 9.88. The van der Waals surface area contributed by atoms with E-state index < -0.39 is 0 Å². The van der Waals surface area contributed by atoms with Gasteiger partial charge in [-0.05, 0) is 25.6 Å². The molecule has 0 fully saturated rings. The molecule has 18 heavy (non-hydrogen) atoms. The van der Waals surface area contributed by atoms with Crippen LogP contribution in [0, 0.1) is 0 Å². The van der Waals surface area contributed by atoms with Crippen LogP contribution in [0.25, 0.3) is 0 Å². The van der Waals surface area contributed by atoms with Gasteiger partial charge in [0.2, 0.25) is 0 Å². The molecule has 3 nitrogen and oxygen atoms in total. The molecule has 0 spiro atoms. The molecule has 0 bridgehead atoms. The van der Waals surface area contributed by atoms with Gasteiger partial charge in [0.1, 0.15) is 0 Å². The highest BCUT2D eigenvalue weighted by Crippen LogP contribution is 2.30. The smallest absolute Gasteiger partial charge is 0.336 e. The number of carbonyl (C=O) groups is 1. The van der Waals surface area contributed by atoms with Crippen LogP contribution < -0.4 is 5.32 Å². The van der Waals surface area contributed by atoms with E-state index in [0.717, 1.165) is 11.3 Å². The van der Waals surface area contributed by atoms with Crippen molar-refractivity contribution >= 4 is 5.97 Å². The Morgan fingerprint density at radius 3 is 2.72 bits per heavy atom. The average Bonchev–Trinajstić information content (AvgIpc) is 2.39. The molecule has 1 atom stereocenters. The summed E-state index contributed by atoms with van der Waals surface area (Å²) >= 11 is 0. The summed E-state index contributed by atoms with van der Waals surface area (Å²) in [4.78, 5) is 12.0. The number of hydrogen-bond donors (Lipinski definition) is 1. The van der Waals surface area contributed by atoms with E-state index in [9.17, 15) is 4.79 Å². The minimum Gasteiger partial charge on any atom is -0.463 e. The fourth-order valence-corrected chi connectivity index (χ4v) is 2.10. The first-order valence-electron chi connectivity index (χ1n) is 6.10. The van der Waals surface area contributed by atoms with Gasteiger partial charge < -0.3 is 10.1 Å². The molecule has 0 saturated heterocycles. The summed E-state index contributed by atoms with van der Waals surface area (Å²) < 4.78 is 5.13. The van der Waals surface area contributed by atoms with Crippen molar-refractivity contribution in [1.29, 1.82) is 0 Å². The monoisotopic (exact) mass is 243 g/mol. The van der Waals surface area contributed by atoms with Crippen molar-refractivity contribution in [2.75, 3.05) is 6.61 Å². The van der Waals surface area contributed by atoms with Gasteiger partial charge in [-0.1, -0.05) is 36.4 Å². The van der Waals surface area contributed by atoms with E-state index in [1.54, 1.807) is 0 Å². The van der Waals surface area contributed by atoms with Crippen molar-refractivity contribution in [3.63, 3.8) is 0 Å². The molecule has 0 aliphatic carbocycles. The first kappa shape index (κ1) is 12.4. The number of allylic oxidation sites excluding steroid dienone is 2. The van der Waals surface area contributed by atoms with Crippen LogP contribution in [0.15, 0.2) is 53.9 Å². The molecule has 1 aliphatic heterocycles. The van der Waals surface area contributed by atoms with Gasteiger partial charge in [0.15, 0.2) is 0 Å². The van der Waals surface area contributed by atoms with E-state index in [2.05, 4.69) is 5.32 Å². The summed E-state index contributed by atoms with van der Waals surface area (Å²) in [6.45, 7) is 4.10. The van der Waals surface area contributed by atoms with Crippen LogP contribution in [-0.2, 0) is 9.53 Å². The third-order valence-electron chi connectivity index (χ3n) is 2.96. The second kappa shape index (κ2) is 5.54. The zero-order chi connectivity index (χ0) is 13.0. The van der Waals surface area contributed by atoms with E-state index in [4.69, 9.17) is 4.74 Å². The van der Waals surface area contributed by atoms with Gasteiger partial charge in [-0.2, -0.15) is 0 Å². The topological polar surface area (TPSA) is 38.3 Å². The molecule has 1 unspecified atom stereocenters. The Balaban J connectivity index is 2.36. The average molecular weight is 243 g/mol. The molecular weight excluding hydrogens is 226 g/mol. The van der Waals surface area contributed by atoms with Gasteiger partial charge in [-0.15, -0.1) is 0 Å². The molecule has 1 aromatic rings. The minimum absolute atomic E-state index is 0.0356. The Bertz CT molecular complexity index is 488. The van der Waals surface area contributed by atoms with Crippen LogP contribution in [0.5, 0.6) is 0 Å². The lowest BCUT2D eigenvalue weighted by Gasteiger charge is -2.22. The highest BCUT2D eigenvalue weighted by atomic mass is 16.5. The van der Waals surface area contributed by atoms with Crippen LogP contribution in [-0.4, -0.2) is 12.6 Å². The van der Waals surface area contributed by atoms with Crippen LogP contribution in [0.4, 0.5) is 0 Å². The maximum atomic E-state index is 12.0. The number of esters is 1. The molecule has 2 rings (SSSR count).